The van der Waals surface area contributed by atoms with E-state index in [2.05, 4.69) is 351 Å². The molecule has 0 radical (unpaired) electrons. The third kappa shape index (κ3) is 8.34. The van der Waals surface area contributed by atoms with E-state index in [0.29, 0.717) is 11.9 Å². The molecule has 1 aliphatic rings. The molecule has 0 fully saturated rings. The number of hydrogen-bond donors (Lipinski definition) is 0. The Kier molecular flexibility index (Phi) is 12.4. The summed E-state index contributed by atoms with van der Waals surface area (Å²) in [6, 6.07) is 122. The zero-order valence-corrected chi connectivity index (χ0v) is 62.8. The Hall–Kier alpha value is -14.0. The summed E-state index contributed by atoms with van der Waals surface area (Å²) in [6.45, 7) is 4.69. The van der Waals surface area contributed by atoms with Crippen LogP contribution in [-0.4, -0.2) is 29.1 Å². The van der Waals surface area contributed by atoms with Crippen LogP contribution in [-0.2, 0) is 5.41 Å². The van der Waals surface area contributed by atoms with Gasteiger partial charge < -0.3 is 0 Å². The molecule has 0 unspecified atom stereocenters. The molecular formula is C105H60N6S2. The van der Waals surface area contributed by atoms with Crippen LogP contribution in [0.4, 0.5) is 0 Å². The molecule has 0 amide bonds. The molecule has 0 bridgehead atoms. The molecular weight excluding hydrogens is 1410 g/mol. The molecule has 25 aromatic rings. The first-order valence-corrected chi connectivity index (χ1v) is 40.5. The first-order chi connectivity index (χ1) is 55.8. The van der Waals surface area contributed by atoms with Crippen molar-refractivity contribution in [1.82, 2.24) is 29.1 Å². The fourth-order valence-electron chi connectivity index (χ4n) is 20.4. The van der Waals surface area contributed by atoms with Gasteiger partial charge in [-0.1, -0.05) is 287 Å². The second kappa shape index (κ2) is 22.6. The molecule has 0 N–H and O–H groups in total. The average molecular weight is 1470 g/mol. The summed E-state index contributed by atoms with van der Waals surface area (Å²) < 4.78 is 9.71. The van der Waals surface area contributed by atoms with E-state index < -0.39 is 0 Å². The van der Waals surface area contributed by atoms with E-state index >= 15 is 0 Å². The van der Waals surface area contributed by atoms with E-state index in [1.807, 2.05) is 22.7 Å². The van der Waals surface area contributed by atoms with Crippen LogP contribution in [0.15, 0.2) is 328 Å². The van der Waals surface area contributed by atoms with Gasteiger partial charge in [-0.2, -0.15) is 0 Å². The zero-order chi connectivity index (χ0) is 73.8. The SMILES string of the molecule is CC1(C)c2ccccc2-c2nc(-n3c4ccc5ccccc5c4c4c5c6ccccc6c6c(-c7cccc8c7sc7cc(-c9nc(-n%10c%11ccc%12ccccc%12c%11c%11c%12c%13ccccc%13c%13ccccc%13c%12ccc%11%10)nc%10ccc%11ccccc%11c9%10)ccc78)cccc6c5ccc43)nc(-c3ccc4sc5ccccc5c4c3)c21. The van der Waals surface area contributed by atoms with Gasteiger partial charge in [-0.25, -0.2) is 19.9 Å². The number of thiophene rings is 2. The van der Waals surface area contributed by atoms with Crippen LogP contribution in [0.1, 0.15) is 25.0 Å². The van der Waals surface area contributed by atoms with Crippen LogP contribution in [0.2, 0.25) is 0 Å². The minimum atomic E-state index is -0.363. The van der Waals surface area contributed by atoms with Crippen molar-refractivity contribution < 1.29 is 0 Å². The number of rotatable bonds is 5. The lowest BCUT2D eigenvalue weighted by molar-refractivity contribution is 0.657. The van der Waals surface area contributed by atoms with Crippen molar-refractivity contribution in [3.05, 3.63) is 339 Å². The molecule has 113 heavy (non-hydrogen) atoms. The van der Waals surface area contributed by atoms with Gasteiger partial charge in [0.05, 0.1) is 44.7 Å². The zero-order valence-electron chi connectivity index (χ0n) is 61.2. The molecule has 0 atom stereocenters. The fourth-order valence-corrected chi connectivity index (χ4v) is 22.8. The molecule has 6 nitrogen and oxygen atoms in total. The largest absolute Gasteiger partial charge is 0.278 e. The molecule has 1 aliphatic carbocycles. The minimum Gasteiger partial charge on any atom is -0.278 e. The second-order valence-corrected chi connectivity index (χ2v) is 33.4. The van der Waals surface area contributed by atoms with Crippen molar-refractivity contribution in [2.24, 2.45) is 0 Å². The quantitative estimate of drug-likeness (QED) is 0.161. The third-order valence-corrected chi connectivity index (χ3v) is 27.6. The van der Waals surface area contributed by atoms with E-state index in [1.165, 1.54) is 165 Å². The Morgan fingerprint density at radius 2 is 0.673 bits per heavy atom. The van der Waals surface area contributed by atoms with Crippen LogP contribution < -0.4 is 0 Å². The molecule has 522 valence electrons. The normalized spacial score (nSPS) is 13.1. The number of benzene rings is 19. The topological polar surface area (TPSA) is 61.4 Å². The molecule has 6 aromatic heterocycles. The Balaban J connectivity index is 0.682. The standard InChI is InChI=1S/C105H60N6S2/c1-105(2)81-39-17-15-34-79(81)101-98(105)100(60-45-54-88-80(55-60)68-30-16-18-40-87(68)112-88)108-104(109-101)111-84-51-44-59-23-5-8-26-64(59)95(84)97-86(111)53-48-76-72-35-19-36-74(90(72)71-32-13-14-33-73(71)92(76)97)78-38-20-37-77-69-46-41-61(56-89(69)113-102(77)78)99-93-62-24-6-3-21-57(62)42-49-82(93)106-103(107-99)110-83-50-43-58-22-4-7-25-63(58)94(83)96-85(110)52-47-75-67-29-10-9-27-65(67)66-28-11-12-31-70(66)91(75)96/h3-56H,1-2H3. The third-order valence-electron chi connectivity index (χ3n) is 25.2. The van der Waals surface area contributed by atoms with Gasteiger partial charge in [0.25, 0.3) is 0 Å². The lowest BCUT2D eigenvalue weighted by Gasteiger charge is -2.24. The maximum Gasteiger partial charge on any atom is 0.235 e. The van der Waals surface area contributed by atoms with Crippen LogP contribution in [0.5, 0.6) is 0 Å². The highest BCUT2D eigenvalue weighted by Crippen LogP contribution is 2.55. The van der Waals surface area contributed by atoms with Crippen molar-refractivity contribution in [3.8, 4) is 56.8 Å². The highest BCUT2D eigenvalue weighted by atomic mass is 32.1. The van der Waals surface area contributed by atoms with E-state index in [4.69, 9.17) is 19.9 Å². The van der Waals surface area contributed by atoms with Gasteiger partial charge in [0.15, 0.2) is 0 Å². The van der Waals surface area contributed by atoms with Crippen LogP contribution >= 0.6 is 22.7 Å². The molecule has 0 saturated carbocycles. The Morgan fingerprint density at radius 3 is 1.35 bits per heavy atom. The fraction of sp³-hybridized carbons (Fsp3) is 0.0286. The average Bonchev–Trinajstić information content (AvgIpc) is 1.58. The molecule has 0 saturated heterocycles. The highest BCUT2D eigenvalue weighted by Gasteiger charge is 2.41. The van der Waals surface area contributed by atoms with Crippen molar-refractivity contribution in [2.45, 2.75) is 19.3 Å². The maximum atomic E-state index is 5.92. The number of nitrogens with zero attached hydrogens (tertiary/aromatic N) is 6. The smallest absolute Gasteiger partial charge is 0.235 e. The van der Waals surface area contributed by atoms with Crippen LogP contribution in [0.3, 0.4) is 0 Å². The minimum absolute atomic E-state index is 0.363. The van der Waals surface area contributed by atoms with Gasteiger partial charge in [0.2, 0.25) is 11.9 Å². The summed E-state index contributed by atoms with van der Waals surface area (Å²) in [6.07, 6.45) is 0. The Morgan fingerprint density at radius 1 is 0.248 bits per heavy atom. The summed E-state index contributed by atoms with van der Waals surface area (Å²) in [5.41, 5.74) is 15.7. The second-order valence-electron chi connectivity index (χ2n) is 31.3. The number of hydrogen-bond acceptors (Lipinski definition) is 6. The van der Waals surface area contributed by atoms with Crippen molar-refractivity contribution in [1.29, 1.82) is 0 Å². The van der Waals surface area contributed by atoms with Crippen molar-refractivity contribution >= 4 is 214 Å². The molecule has 8 heteroatoms. The summed E-state index contributed by atoms with van der Waals surface area (Å²) in [7, 11) is 0. The van der Waals surface area contributed by atoms with E-state index in [1.54, 1.807) is 0 Å². The number of fused-ring (bicyclic) bond motifs is 36. The molecule has 26 rings (SSSR count). The predicted octanol–water partition coefficient (Wildman–Crippen LogP) is 29.0. The van der Waals surface area contributed by atoms with Gasteiger partial charge in [0, 0.05) is 111 Å². The lowest BCUT2D eigenvalue weighted by Crippen LogP contribution is -2.18. The summed E-state index contributed by atoms with van der Waals surface area (Å²) in [4.78, 5) is 23.4. The van der Waals surface area contributed by atoms with Crippen LogP contribution in [0, 0.1) is 0 Å². The van der Waals surface area contributed by atoms with Gasteiger partial charge >= 0.3 is 0 Å². The molecule has 0 aliphatic heterocycles. The first-order valence-electron chi connectivity index (χ1n) is 38.8. The monoisotopic (exact) mass is 1470 g/mol. The lowest BCUT2D eigenvalue weighted by atomic mass is 9.81. The maximum absolute atomic E-state index is 5.92. The molecule has 19 aromatic carbocycles. The van der Waals surface area contributed by atoms with Gasteiger partial charge in [-0.3, -0.25) is 9.13 Å². The first kappa shape index (κ1) is 61.8. The molecule has 0 spiro atoms. The van der Waals surface area contributed by atoms with Gasteiger partial charge in [-0.05, 0) is 152 Å². The van der Waals surface area contributed by atoms with E-state index in [0.717, 1.165) is 83.1 Å². The van der Waals surface area contributed by atoms with E-state index in [-0.39, 0.29) is 5.41 Å². The van der Waals surface area contributed by atoms with Crippen molar-refractivity contribution in [3.63, 3.8) is 0 Å². The summed E-state index contributed by atoms with van der Waals surface area (Å²) in [5, 5.41) is 32.5. The number of aromatic nitrogens is 6. The highest BCUT2D eigenvalue weighted by molar-refractivity contribution is 7.26. The Labute approximate surface area is 653 Å². The van der Waals surface area contributed by atoms with Gasteiger partial charge in [-0.15, -0.1) is 22.7 Å². The summed E-state index contributed by atoms with van der Waals surface area (Å²) >= 11 is 3.72. The van der Waals surface area contributed by atoms with Crippen molar-refractivity contribution in [2.75, 3.05) is 0 Å². The van der Waals surface area contributed by atoms with Crippen LogP contribution in [0.25, 0.3) is 249 Å². The Bertz CT molecular complexity index is 8620. The summed E-state index contributed by atoms with van der Waals surface area (Å²) in [5.74, 6) is 1.29. The van der Waals surface area contributed by atoms with E-state index in [9.17, 15) is 0 Å². The predicted molar refractivity (Wildman–Crippen MR) is 481 cm³/mol. The molecule has 6 heterocycles. The van der Waals surface area contributed by atoms with Gasteiger partial charge in [0.1, 0.15) is 0 Å².